The lowest BCUT2D eigenvalue weighted by Gasteiger charge is -2.31. The van der Waals surface area contributed by atoms with E-state index in [1.807, 2.05) is 55.4 Å². The molecule has 9 unspecified atom stereocenters. The number of aliphatic hydroxyl groups is 9. The highest BCUT2D eigenvalue weighted by molar-refractivity contribution is 5.05. The van der Waals surface area contributed by atoms with E-state index in [1.165, 1.54) is 16.7 Å². The molecule has 0 aromatic heterocycles. The maximum Gasteiger partial charge on any atom is 0.0800 e. The summed E-state index contributed by atoms with van der Waals surface area (Å²) in [6, 6.07) is 0. The summed E-state index contributed by atoms with van der Waals surface area (Å²) in [5.41, 5.74) is -3.74. The molecule has 0 aromatic carbocycles. The van der Waals surface area contributed by atoms with Gasteiger partial charge in [-0.1, -0.05) is 41.0 Å². The molecule has 408 valence electrons. The summed E-state index contributed by atoms with van der Waals surface area (Å²) in [5, 5.41) is 98.5. The Morgan fingerprint density at radius 1 is 0.304 bits per heavy atom. The van der Waals surface area contributed by atoms with Crippen molar-refractivity contribution in [1.82, 2.24) is 0 Å². The van der Waals surface area contributed by atoms with Crippen LogP contribution in [0.15, 0.2) is 47.6 Å². The Labute approximate surface area is 425 Å². The van der Waals surface area contributed by atoms with Crippen molar-refractivity contribution in [2.75, 3.05) is 0 Å². The summed E-state index contributed by atoms with van der Waals surface area (Å²) in [6.45, 7) is 28.7. The van der Waals surface area contributed by atoms with E-state index < -0.39 is 50.4 Å². The van der Waals surface area contributed by atoms with Gasteiger partial charge in [-0.15, -0.1) is 6.58 Å². The van der Waals surface area contributed by atoms with Crippen LogP contribution in [0, 0.1) is 0 Å². The minimum absolute atomic E-state index is 0.547. The normalized spacial score (nSPS) is 20.7. The van der Waals surface area contributed by atoms with Crippen LogP contribution < -0.4 is 0 Å². The molecule has 0 aliphatic carbocycles. The number of hydrogen-bond acceptors (Lipinski definition) is 9. The highest BCUT2D eigenvalue weighted by atomic mass is 16.3. The molecule has 0 saturated carbocycles. The molecule has 0 aliphatic rings. The second-order valence-electron chi connectivity index (χ2n) is 25.4. The van der Waals surface area contributed by atoms with Gasteiger partial charge in [-0.3, -0.25) is 0 Å². The molecule has 0 aromatic rings. The third kappa shape index (κ3) is 38.8. The predicted molar refractivity (Wildman–Crippen MR) is 291 cm³/mol. The Morgan fingerprint density at radius 2 is 0.536 bits per heavy atom. The summed E-state index contributed by atoms with van der Waals surface area (Å²) in [4.78, 5) is 0. The van der Waals surface area contributed by atoms with Crippen molar-refractivity contribution in [1.29, 1.82) is 0 Å². The first-order valence-corrected chi connectivity index (χ1v) is 27.5. The average Bonchev–Trinajstić information content (AvgIpc) is 3.16. The van der Waals surface area contributed by atoms with E-state index >= 15 is 0 Å². The highest BCUT2D eigenvalue weighted by Gasteiger charge is 2.31. The molecule has 0 aliphatic heterocycles. The van der Waals surface area contributed by atoms with E-state index in [-0.39, 0.29) is 0 Å². The van der Waals surface area contributed by atoms with E-state index in [1.54, 1.807) is 13.0 Å². The van der Waals surface area contributed by atoms with E-state index in [0.29, 0.717) is 141 Å². The van der Waals surface area contributed by atoms with Crippen molar-refractivity contribution in [2.45, 2.75) is 333 Å². The maximum absolute atomic E-state index is 11.2. The molecule has 0 radical (unpaired) electrons. The van der Waals surface area contributed by atoms with Crippen LogP contribution in [0.4, 0.5) is 0 Å². The zero-order valence-corrected chi connectivity index (χ0v) is 47.3. The van der Waals surface area contributed by atoms with Crippen molar-refractivity contribution >= 4 is 0 Å². The Morgan fingerprint density at radius 3 is 0.812 bits per heavy atom. The maximum atomic E-state index is 11.2. The fourth-order valence-corrected chi connectivity index (χ4v) is 9.83. The van der Waals surface area contributed by atoms with Crippen LogP contribution in [0.25, 0.3) is 0 Å². The van der Waals surface area contributed by atoms with Crippen LogP contribution in [0.2, 0.25) is 0 Å². The standard InChI is InChI=1S/C60H114O9/c1-15-52(6,61)32-18-30-50(4)28-16-29-51(5)31-19-34-54(8,63)36-21-38-56(10,65)40-23-42-58(12,67)44-25-46-60(14,69)48-26-47-59(13,68)45-24-43-57(11,66)41-22-39-55(9,64)37-20-35-53(7,62)33-17-27-49(2)3/h15,27,29-30,61-69H,1,16-26,28,31-48H2,2-14H3/b50-30+,51-29+. The van der Waals surface area contributed by atoms with Crippen LogP contribution >= 0.6 is 0 Å². The molecule has 0 heterocycles. The van der Waals surface area contributed by atoms with Gasteiger partial charge in [0.15, 0.2) is 0 Å². The molecule has 0 amide bonds. The molecule has 69 heavy (non-hydrogen) atoms. The summed E-state index contributed by atoms with van der Waals surface area (Å²) < 4.78 is 0. The Hall–Kier alpha value is -1.40. The fourth-order valence-electron chi connectivity index (χ4n) is 9.83. The molecule has 0 bridgehead atoms. The highest BCUT2D eigenvalue weighted by Crippen LogP contribution is 2.33. The Bertz CT molecular complexity index is 1490. The lowest BCUT2D eigenvalue weighted by molar-refractivity contribution is -0.00863. The largest absolute Gasteiger partial charge is 0.390 e. The number of hydrogen-bond donors (Lipinski definition) is 9. The van der Waals surface area contributed by atoms with Crippen molar-refractivity contribution in [3.05, 3.63) is 47.6 Å². The van der Waals surface area contributed by atoms with Crippen molar-refractivity contribution in [2.24, 2.45) is 0 Å². The van der Waals surface area contributed by atoms with Gasteiger partial charge >= 0.3 is 0 Å². The van der Waals surface area contributed by atoms with Gasteiger partial charge in [-0.05, 0) is 283 Å². The first-order chi connectivity index (χ1) is 31.4. The zero-order chi connectivity index (χ0) is 53.3. The van der Waals surface area contributed by atoms with Gasteiger partial charge in [0.1, 0.15) is 0 Å². The van der Waals surface area contributed by atoms with E-state index in [4.69, 9.17) is 0 Å². The van der Waals surface area contributed by atoms with Crippen molar-refractivity contribution in [3.8, 4) is 0 Å². The van der Waals surface area contributed by atoms with Gasteiger partial charge in [0.05, 0.1) is 50.4 Å². The fraction of sp³-hybridized carbons (Fsp3) is 0.867. The SMILES string of the molecule is C=CC(C)(O)CC/C=C(\C)CC/C=C(\C)CCCC(C)(O)CCCC(C)(O)CCCC(C)(O)CCCC(C)(O)CCCC(C)(O)CCCC(C)(O)CCCC(C)(O)CCCC(C)(O)CCC=C(C)C. The summed E-state index contributed by atoms with van der Waals surface area (Å²) in [5.74, 6) is 0. The van der Waals surface area contributed by atoms with Gasteiger partial charge in [-0.2, -0.15) is 0 Å². The van der Waals surface area contributed by atoms with Crippen LogP contribution in [0.3, 0.4) is 0 Å². The van der Waals surface area contributed by atoms with Gasteiger partial charge in [-0.25, -0.2) is 0 Å². The minimum Gasteiger partial charge on any atom is -0.390 e. The number of rotatable bonds is 42. The quantitative estimate of drug-likeness (QED) is 0.0269. The molecule has 0 fully saturated rings. The van der Waals surface area contributed by atoms with E-state index in [0.717, 1.165) is 51.4 Å². The van der Waals surface area contributed by atoms with Crippen LogP contribution in [-0.2, 0) is 0 Å². The van der Waals surface area contributed by atoms with Crippen LogP contribution in [0.1, 0.15) is 283 Å². The number of allylic oxidation sites excluding steroid dienone is 6. The molecule has 9 heteroatoms. The topological polar surface area (TPSA) is 182 Å². The Balaban J connectivity index is 4.44. The molecule has 9 N–H and O–H groups in total. The average molecular weight is 980 g/mol. The molecular formula is C60H114O9. The first-order valence-electron chi connectivity index (χ1n) is 27.5. The molecule has 0 saturated heterocycles. The Kier molecular flexibility index (Phi) is 30.7. The predicted octanol–water partition coefficient (Wildman–Crippen LogP) is 13.5. The van der Waals surface area contributed by atoms with Gasteiger partial charge in [0.2, 0.25) is 0 Å². The lowest BCUT2D eigenvalue weighted by atomic mass is 9.83. The molecule has 9 nitrogen and oxygen atoms in total. The third-order valence-corrected chi connectivity index (χ3v) is 15.2. The monoisotopic (exact) mass is 979 g/mol. The second-order valence-corrected chi connectivity index (χ2v) is 25.4. The summed E-state index contributed by atoms with van der Waals surface area (Å²) in [6.07, 6.45) is 28.8. The summed E-state index contributed by atoms with van der Waals surface area (Å²) in [7, 11) is 0. The van der Waals surface area contributed by atoms with Gasteiger partial charge in [0, 0.05) is 0 Å². The zero-order valence-electron chi connectivity index (χ0n) is 47.3. The van der Waals surface area contributed by atoms with Crippen LogP contribution in [0.5, 0.6) is 0 Å². The molecular weight excluding hydrogens is 865 g/mol. The van der Waals surface area contributed by atoms with Gasteiger partial charge in [0.25, 0.3) is 0 Å². The smallest absolute Gasteiger partial charge is 0.0800 e. The lowest BCUT2D eigenvalue weighted by Crippen LogP contribution is -2.31. The minimum atomic E-state index is -0.908. The van der Waals surface area contributed by atoms with Crippen LogP contribution in [-0.4, -0.2) is 96.4 Å². The van der Waals surface area contributed by atoms with Crippen molar-refractivity contribution in [3.63, 3.8) is 0 Å². The second kappa shape index (κ2) is 31.4. The molecule has 9 atom stereocenters. The third-order valence-electron chi connectivity index (χ3n) is 15.2. The summed E-state index contributed by atoms with van der Waals surface area (Å²) >= 11 is 0. The molecule has 0 rings (SSSR count). The van der Waals surface area contributed by atoms with Crippen molar-refractivity contribution < 1.29 is 46.0 Å². The first kappa shape index (κ1) is 67.6. The van der Waals surface area contributed by atoms with Gasteiger partial charge < -0.3 is 46.0 Å². The van der Waals surface area contributed by atoms with E-state index in [9.17, 15) is 46.0 Å². The molecule has 0 spiro atoms. The van der Waals surface area contributed by atoms with E-state index in [2.05, 4.69) is 52.5 Å².